The Hall–Kier alpha value is -2.91. The van der Waals surface area contributed by atoms with Crippen molar-refractivity contribution in [3.05, 3.63) is 48.0 Å². The predicted molar refractivity (Wildman–Crippen MR) is 121 cm³/mol. The van der Waals surface area contributed by atoms with Crippen LogP contribution in [0.4, 0.5) is 5.69 Å². The predicted octanol–water partition coefficient (Wildman–Crippen LogP) is 3.53. The fourth-order valence-electron chi connectivity index (χ4n) is 3.51. The number of anilines is 1. The van der Waals surface area contributed by atoms with Crippen LogP contribution in [0.3, 0.4) is 0 Å². The lowest BCUT2D eigenvalue weighted by Gasteiger charge is -2.17. The van der Waals surface area contributed by atoms with Gasteiger partial charge >= 0.3 is 0 Å². The highest BCUT2D eigenvalue weighted by molar-refractivity contribution is 7.89. The molecule has 3 rings (SSSR count). The Bertz CT molecular complexity index is 1060. The van der Waals surface area contributed by atoms with Crippen LogP contribution in [0, 0.1) is 0 Å². The van der Waals surface area contributed by atoms with Crippen LogP contribution < -0.4 is 19.5 Å². The summed E-state index contributed by atoms with van der Waals surface area (Å²) in [6.07, 6.45) is 4.37. The standard InChI is InChI=1S/C23H28N2O6S/c1-16(26)17-7-10-20(11-8-17)32(28,29)24-14-13-23(27)25-18-9-12-21(30-2)22(15-18)31-19-5-3-4-6-19/h7-12,15,19,24H,3-6,13-14H2,1-2H3,(H,25,27). The fraction of sp³-hybridized carbons (Fsp3) is 0.391. The van der Waals surface area contributed by atoms with Crippen LogP contribution in [0.5, 0.6) is 11.5 Å². The number of benzene rings is 2. The van der Waals surface area contributed by atoms with Gasteiger partial charge in [0.15, 0.2) is 17.3 Å². The normalized spacial score (nSPS) is 14.2. The van der Waals surface area contributed by atoms with E-state index < -0.39 is 10.0 Å². The maximum Gasteiger partial charge on any atom is 0.240 e. The first-order valence-electron chi connectivity index (χ1n) is 10.5. The molecule has 2 aromatic rings. The van der Waals surface area contributed by atoms with E-state index in [1.165, 1.54) is 31.2 Å². The molecule has 0 saturated heterocycles. The summed E-state index contributed by atoms with van der Waals surface area (Å²) in [7, 11) is -2.21. The van der Waals surface area contributed by atoms with Crippen LogP contribution in [0.2, 0.25) is 0 Å². The largest absolute Gasteiger partial charge is 0.493 e. The van der Waals surface area contributed by atoms with Gasteiger partial charge in [-0.2, -0.15) is 0 Å². The van der Waals surface area contributed by atoms with Crippen molar-refractivity contribution in [2.24, 2.45) is 0 Å². The van der Waals surface area contributed by atoms with Crippen LogP contribution in [-0.2, 0) is 14.8 Å². The number of rotatable bonds is 10. The van der Waals surface area contributed by atoms with E-state index in [9.17, 15) is 18.0 Å². The highest BCUT2D eigenvalue weighted by atomic mass is 32.2. The summed E-state index contributed by atoms with van der Waals surface area (Å²) in [5, 5.41) is 2.76. The summed E-state index contributed by atoms with van der Waals surface area (Å²) in [5.74, 6) is 0.691. The summed E-state index contributed by atoms with van der Waals surface area (Å²) < 4.78 is 38.5. The number of amides is 1. The van der Waals surface area contributed by atoms with Gasteiger partial charge in [-0.15, -0.1) is 0 Å². The fourth-order valence-corrected chi connectivity index (χ4v) is 4.54. The van der Waals surface area contributed by atoms with E-state index in [-0.39, 0.29) is 35.7 Å². The second-order valence-electron chi connectivity index (χ2n) is 7.67. The topological polar surface area (TPSA) is 111 Å². The number of ketones is 1. The minimum absolute atomic E-state index is 0.0340. The SMILES string of the molecule is COc1ccc(NC(=O)CCNS(=O)(=O)c2ccc(C(C)=O)cc2)cc1OC1CCCC1. The van der Waals surface area contributed by atoms with Gasteiger partial charge < -0.3 is 14.8 Å². The van der Waals surface area contributed by atoms with E-state index in [2.05, 4.69) is 10.0 Å². The molecular formula is C23H28N2O6S. The molecule has 2 N–H and O–H groups in total. The molecule has 0 aliphatic heterocycles. The van der Waals surface area contributed by atoms with Gasteiger partial charge in [0.1, 0.15) is 0 Å². The summed E-state index contributed by atoms with van der Waals surface area (Å²) in [6, 6.07) is 10.8. The van der Waals surface area contributed by atoms with Gasteiger partial charge in [0.25, 0.3) is 0 Å². The first-order chi connectivity index (χ1) is 15.3. The van der Waals surface area contributed by atoms with Gasteiger partial charge in [0.2, 0.25) is 15.9 Å². The average molecular weight is 461 g/mol. The zero-order chi connectivity index (χ0) is 23.1. The third-order valence-electron chi connectivity index (χ3n) is 5.26. The van der Waals surface area contributed by atoms with Gasteiger partial charge in [-0.05, 0) is 56.9 Å². The smallest absolute Gasteiger partial charge is 0.240 e. The highest BCUT2D eigenvalue weighted by Crippen LogP contribution is 2.33. The van der Waals surface area contributed by atoms with Crippen molar-refractivity contribution in [3.63, 3.8) is 0 Å². The highest BCUT2D eigenvalue weighted by Gasteiger charge is 2.19. The number of hydrogen-bond donors (Lipinski definition) is 2. The first-order valence-corrected chi connectivity index (χ1v) is 12.0. The quantitative estimate of drug-likeness (QED) is 0.525. The van der Waals surface area contributed by atoms with Crippen LogP contribution in [0.1, 0.15) is 49.4 Å². The van der Waals surface area contributed by atoms with Crippen LogP contribution in [0.15, 0.2) is 47.4 Å². The van der Waals surface area contributed by atoms with E-state index >= 15 is 0 Å². The number of sulfonamides is 1. The van der Waals surface area contributed by atoms with Gasteiger partial charge in [-0.3, -0.25) is 9.59 Å². The molecule has 0 unspecified atom stereocenters. The lowest BCUT2D eigenvalue weighted by Crippen LogP contribution is -2.27. The molecule has 1 aliphatic carbocycles. The number of ether oxygens (including phenoxy) is 2. The van der Waals surface area contributed by atoms with Gasteiger partial charge in [-0.1, -0.05) is 12.1 Å². The van der Waals surface area contributed by atoms with Crippen molar-refractivity contribution in [2.75, 3.05) is 19.0 Å². The van der Waals surface area contributed by atoms with Crippen LogP contribution in [0.25, 0.3) is 0 Å². The summed E-state index contributed by atoms with van der Waals surface area (Å²) in [5.41, 5.74) is 0.977. The van der Waals surface area contributed by atoms with Gasteiger partial charge in [0, 0.05) is 30.3 Å². The molecule has 1 amide bonds. The number of hydrogen-bond acceptors (Lipinski definition) is 6. The molecule has 9 heteroatoms. The van der Waals surface area contributed by atoms with E-state index in [1.54, 1.807) is 25.3 Å². The third kappa shape index (κ3) is 6.30. The molecule has 0 heterocycles. The lowest BCUT2D eigenvalue weighted by atomic mass is 10.2. The Morgan fingerprint density at radius 3 is 2.34 bits per heavy atom. The number of carbonyl (C=O) groups excluding carboxylic acids is 2. The lowest BCUT2D eigenvalue weighted by molar-refractivity contribution is -0.116. The van der Waals surface area contributed by atoms with E-state index in [4.69, 9.17) is 9.47 Å². The van der Waals surface area contributed by atoms with Crippen molar-refractivity contribution in [2.45, 2.75) is 50.0 Å². The van der Waals surface area contributed by atoms with E-state index in [0.717, 1.165) is 25.7 Å². The maximum atomic E-state index is 12.4. The number of carbonyl (C=O) groups is 2. The van der Waals surface area contributed by atoms with Crippen molar-refractivity contribution >= 4 is 27.4 Å². The van der Waals surface area contributed by atoms with Crippen molar-refractivity contribution in [1.29, 1.82) is 0 Å². The molecule has 1 saturated carbocycles. The van der Waals surface area contributed by atoms with E-state index in [1.807, 2.05) is 0 Å². The van der Waals surface area contributed by atoms with E-state index in [0.29, 0.717) is 22.7 Å². The number of nitrogens with one attached hydrogen (secondary N) is 2. The van der Waals surface area contributed by atoms with Crippen molar-refractivity contribution in [1.82, 2.24) is 4.72 Å². The Morgan fingerprint density at radius 2 is 1.72 bits per heavy atom. The Labute approximate surface area is 188 Å². The number of Topliss-reactive ketones (excluding diaryl/α,β-unsaturated/α-hetero) is 1. The minimum Gasteiger partial charge on any atom is -0.493 e. The molecule has 172 valence electrons. The Kier molecular flexibility index (Phi) is 7.87. The van der Waals surface area contributed by atoms with Gasteiger partial charge in [0.05, 0.1) is 18.1 Å². The van der Waals surface area contributed by atoms with Crippen molar-refractivity contribution < 1.29 is 27.5 Å². The third-order valence-corrected chi connectivity index (χ3v) is 6.74. The molecule has 0 atom stereocenters. The molecular weight excluding hydrogens is 432 g/mol. The summed E-state index contributed by atoms with van der Waals surface area (Å²) in [4.78, 5) is 23.7. The first kappa shape index (κ1) is 23.7. The summed E-state index contributed by atoms with van der Waals surface area (Å²) >= 11 is 0. The molecule has 0 aromatic heterocycles. The average Bonchev–Trinajstić information content (AvgIpc) is 3.27. The maximum absolute atomic E-state index is 12.4. The second-order valence-corrected chi connectivity index (χ2v) is 9.43. The Morgan fingerprint density at radius 1 is 1.03 bits per heavy atom. The zero-order valence-electron chi connectivity index (χ0n) is 18.2. The molecule has 8 nitrogen and oxygen atoms in total. The molecule has 1 fully saturated rings. The minimum atomic E-state index is -3.78. The van der Waals surface area contributed by atoms with Crippen LogP contribution >= 0.6 is 0 Å². The summed E-state index contributed by atoms with van der Waals surface area (Å²) in [6.45, 7) is 1.34. The molecule has 0 radical (unpaired) electrons. The Balaban J connectivity index is 1.54. The molecule has 32 heavy (non-hydrogen) atoms. The molecule has 0 spiro atoms. The van der Waals surface area contributed by atoms with Gasteiger partial charge in [-0.25, -0.2) is 13.1 Å². The molecule has 1 aliphatic rings. The monoisotopic (exact) mass is 460 g/mol. The van der Waals surface area contributed by atoms with Crippen LogP contribution in [-0.4, -0.2) is 39.9 Å². The number of methoxy groups -OCH3 is 1. The zero-order valence-corrected chi connectivity index (χ0v) is 19.0. The second kappa shape index (κ2) is 10.6. The van der Waals surface area contributed by atoms with Crippen molar-refractivity contribution in [3.8, 4) is 11.5 Å². The molecule has 0 bridgehead atoms. The molecule has 2 aromatic carbocycles.